The fraction of sp³-hybridized carbons (Fsp3) is 0.320. The third kappa shape index (κ3) is 5.75. The molecule has 0 saturated heterocycles. The molecule has 2 aromatic carbocycles. The van der Waals surface area contributed by atoms with Crippen molar-refractivity contribution in [2.45, 2.75) is 39.7 Å². The number of anilines is 1. The molecule has 2 N–H and O–H groups in total. The van der Waals surface area contributed by atoms with Crippen LogP contribution in [0, 0.1) is 6.92 Å². The zero-order chi connectivity index (χ0) is 23.3. The van der Waals surface area contributed by atoms with Gasteiger partial charge in [0.15, 0.2) is 0 Å². The predicted octanol–water partition coefficient (Wildman–Crippen LogP) is 4.26. The van der Waals surface area contributed by atoms with Crippen LogP contribution in [0.1, 0.15) is 37.6 Å². The lowest BCUT2D eigenvalue weighted by Gasteiger charge is -2.18. The molecule has 0 unspecified atom stereocenters. The first-order chi connectivity index (χ1) is 15.1. The van der Waals surface area contributed by atoms with E-state index in [1.54, 1.807) is 11.7 Å². The number of para-hydroxylation sites is 1. The lowest BCUT2D eigenvalue weighted by molar-refractivity contribution is -0.116. The van der Waals surface area contributed by atoms with Gasteiger partial charge >= 0.3 is 6.03 Å². The molecule has 7 heteroatoms. The molecule has 168 valence electrons. The lowest BCUT2D eigenvalue weighted by Crippen LogP contribution is -2.41. The number of nitrogens with one attached hydrogen (secondary N) is 2. The largest absolute Gasteiger partial charge is 0.334 e. The number of amides is 3. The van der Waals surface area contributed by atoms with E-state index in [0.29, 0.717) is 12.4 Å². The normalized spacial score (nSPS) is 11.2. The quantitative estimate of drug-likeness (QED) is 0.610. The fourth-order valence-electron chi connectivity index (χ4n) is 3.20. The summed E-state index contributed by atoms with van der Waals surface area (Å²) in [6, 6.07) is 19.1. The Morgan fingerprint density at radius 2 is 1.69 bits per heavy atom. The van der Waals surface area contributed by atoms with Gasteiger partial charge in [-0.1, -0.05) is 69.3 Å². The summed E-state index contributed by atoms with van der Waals surface area (Å²) in [4.78, 5) is 26.5. The third-order valence-corrected chi connectivity index (χ3v) is 5.10. The van der Waals surface area contributed by atoms with Crippen molar-refractivity contribution >= 4 is 17.8 Å². The van der Waals surface area contributed by atoms with Crippen molar-refractivity contribution in [3.63, 3.8) is 0 Å². The average Bonchev–Trinajstić information content (AvgIpc) is 3.17. The SMILES string of the molecule is Cc1ccccc1-n1nc(C(C)(C)C)cc1NC(=O)CN(C)C(=O)NCc1ccccc1. The molecule has 7 nitrogen and oxygen atoms in total. The minimum atomic E-state index is -0.313. The highest BCUT2D eigenvalue weighted by Gasteiger charge is 2.22. The van der Waals surface area contributed by atoms with E-state index in [-0.39, 0.29) is 23.9 Å². The molecule has 3 rings (SSSR count). The molecule has 32 heavy (non-hydrogen) atoms. The van der Waals surface area contributed by atoms with Gasteiger partial charge in [-0.15, -0.1) is 0 Å². The maximum Gasteiger partial charge on any atom is 0.317 e. The molecule has 1 heterocycles. The standard InChI is InChI=1S/C25H31N5O2/c1-18-11-9-10-14-20(18)30-22(15-21(28-30)25(2,3)4)27-23(31)17-29(5)24(32)26-16-19-12-7-6-8-13-19/h6-15H,16-17H2,1-5H3,(H,26,32)(H,27,31). The number of urea groups is 1. The molecule has 0 radical (unpaired) electrons. The summed E-state index contributed by atoms with van der Waals surface area (Å²) in [5.41, 5.74) is 3.62. The summed E-state index contributed by atoms with van der Waals surface area (Å²) in [5, 5.41) is 10.5. The van der Waals surface area contributed by atoms with Gasteiger partial charge in [-0.3, -0.25) is 4.79 Å². The van der Waals surface area contributed by atoms with E-state index in [4.69, 9.17) is 5.10 Å². The highest BCUT2D eigenvalue weighted by Crippen LogP contribution is 2.27. The smallest absolute Gasteiger partial charge is 0.317 e. The first-order valence-corrected chi connectivity index (χ1v) is 10.6. The Kier molecular flexibility index (Phi) is 6.98. The van der Waals surface area contributed by atoms with Crippen molar-refractivity contribution in [3.8, 4) is 5.69 Å². The van der Waals surface area contributed by atoms with Crippen LogP contribution < -0.4 is 10.6 Å². The number of aryl methyl sites for hydroxylation is 1. The maximum absolute atomic E-state index is 12.8. The lowest BCUT2D eigenvalue weighted by atomic mass is 9.92. The van der Waals surface area contributed by atoms with Gasteiger partial charge in [0.1, 0.15) is 12.4 Å². The summed E-state index contributed by atoms with van der Waals surface area (Å²) in [6.07, 6.45) is 0. The van der Waals surface area contributed by atoms with Gasteiger partial charge in [0, 0.05) is 25.1 Å². The molecule has 0 aliphatic rings. The Morgan fingerprint density at radius 1 is 1.03 bits per heavy atom. The predicted molar refractivity (Wildman–Crippen MR) is 127 cm³/mol. The summed E-state index contributed by atoms with van der Waals surface area (Å²) >= 11 is 0. The van der Waals surface area contributed by atoms with E-state index < -0.39 is 0 Å². The summed E-state index contributed by atoms with van der Waals surface area (Å²) in [5.74, 6) is 0.282. The minimum Gasteiger partial charge on any atom is -0.334 e. The van der Waals surface area contributed by atoms with Crippen LogP contribution in [0.5, 0.6) is 0 Å². The average molecular weight is 434 g/mol. The maximum atomic E-state index is 12.8. The van der Waals surface area contributed by atoms with Gasteiger partial charge in [-0.2, -0.15) is 5.10 Å². The molecular weight excluding hydrogens is 402 g/mol. The number of hydrogen-bond donors (Lipinski definition) is 2. The number of benzene rings is 2. The number of carbonyl (C=O) groups is 2. The zero-order valence-corrected chi connectivity index (χ0v) is 19.3. The highest BCUT2D eigenvalue weighted by atomic mass is 16.2. The molecule has 0 atom stereocenters. The molecule has 0 spiro atoms. The van der Waals surface area contributed by atoms with Crippen LogP contribution in [0.4, 0.5) is 10.6 Å². The Morgan fingerprint density at radius 3 is 2.34 bits per heavy atom. The number of aromatic nitrogens is 2. The zero-order valence-electron chi connectivity index (χ0n) is 19.3. The molecule has 0 aliphatic heterocycles. The van der Waals surface area contributed by atoms with E-state index in [1.807, 2.05) is 67.6 Å². The third-order valence-electron chi connectivity index (χ3n) is 5.10. The monoisotopic (exact) mass is 433 g/mol. The molecular formula is C25H31N5O2. The van der Waals surface area contributed by atoms with E-state index in [0.717, 1.165) is 22.5 Å². The van der Waals surface area contributed by atoms with Crippen molar-refractivity contribution in [3.05, 3.63) is 77.5 Å². The van der Waals surface area contributed by atoms with Gasteiger partial charge in [-0.25, -0.2) is 9.48 Å². The van der Waals surface area contributed by atoms with Gasteiger partial charge in [0.2, 0.25) is 5.91 Å². The highest BCUT2D eigenvalue weighted by molar-refractivity contribution is 5.94. The second-order valence-electron chi connectivity index (χ2n) is 8.91. The van der Waals surface area contributed by atoms with E-state index in [9.17, 15) is 9.59 Å². The fourth-order valence-corrected chi connectivity index (χ4v) is 3.20. The summed E-state index contributed by atoms with van der Waals surface area (Å²) in [6.45, 7) is 8.56. The molecule has 0 fully saturated rings. The number of hydrogen-bond acceptors (Lipinski definition) is 3. The Hall–Kier alpha value is -3.61. The van der Waals surface area contributed by atoms with E-state index in [1.165, 1.54) is 4.90 Å². The molecule has 0 saturated carbocycles. The Bertz CT molecular complexity index is 1080. The number of likely N-dealkylation sites (N-methyl/N-ethyl adjacent to an activating group) is 1. The minimum absolute atomic E-state index is 0.0789. The van der Waals surface area contributed by atoms with Crippen LogP contribution in [0.3, 0.4) is 0 Å². The van der Waals surface area contributed by atoms with Crippen molar-refractivity contribution in [1.82, 2.24) is 20.0 Å². The number of carbonyl (C=O) groups excluding carboxylic acids is 2. The van der Waals surface area contributed by atoms with E-state index in [2.05, 4.69) is 31.4 Å². The Balaban J connectivity index is 1.70. The van der Waals surface area contributed by atoms with Gasteiger partial charge in [0.05, 0.1) is 11.4 Å². The summed E-state index contributed by atoms with van der Waals surface area (Å²) in [7, 11) is 1.60. The van der Waals surface area contributed by atoms with Crippen LogP contribution in [-0.2, 0) is 16.8 Å². The van der Waals surface area contributed by atoms with Crippen LogP contribution in [0.15, 0.2) is 60.7 Å². The molecule has 3 aromatic rings. The van der Waals surface area contributed by atoms with Crippen molar-refractivity contribution in [2.75, 3.05) is 18.9 Å². The van der Waals surface area contributed by atoms with Crippen LogP contribution >= 0.6 is 0 Å². The van der Waals surface area contributed by atoms with Crippen molar-refractivity contribution in [1.29, 1.82) is 0 Å². The number of rotatable bonds is 6. The van der Waals surface area contributed by atoms with Crippen LogP contribution in [0.25, 0.3) is 5.69 Å². The number of nitrogens with zero attached hydrogens (tertiary/aromatic N) is 3. The van der Waals surface area contributed by atoms with Gasteiger partial charge in [-0.05, 0) is 24.1 Å². The summed E-state index contributed by atoms with van der Waals surface area (Å²) < 4.78 is 1.75. The van der Waals surface area contributed by atoms with Gasteiger partial charge in [0.25, 0.3) is 0 Å². The van der Waals surface area contributed by atoms with Crippen molar-refractivity contribution in [2.24, 2.45) is 0 Å². The van der Waals surface area contributed by atoms with Crippen LogP contribution in [0.2, 0.25) is 0 Å². The second-order valence-corrected chi connectivity index (χ2v) is 8.91. The Labute approximate surface area is 189 Å². The molecule has 0 bridgehead atoms. The first-order valence-electron chi connectivity index (χ1n) is 10.6. The molecule has 3 amide bonds. The first kappa shape index (κ1) is 23.1. The second kappa shape index (κ2) is 9.68. The van der Waals surface area contributed by atoms with Gasteiger partial charge < -0.3 is 15.5 Å². The van der Waals surface area contributed by atoms with Crippen molar-refractivity contribution < 1.29 is 9.59 Å². The van der Waals surface area contributed by atoms with Crippen LogP contribution in [-0.4, -0.2) is 40.2 Å². The molecule has 0 aliphatic carbocycles. The van der Waals surface area contributed by atoms with E-state index >= 15 is 0 Å². The topological polar surface area (TPSA) is 79.3 Å². The molecule has 1 aromatic heterocycles.